The average molecular weight is 426 g/mol. The van der Waals surface area contributed by atoms with E-state index in [-0.39, 0.29) is 24.8 Å². The van der Waals surface area contributed by atoms with E-state index < -0.39 is 0 Å². The normalized spacial score (nSPS) is 11.1. The number of hydrogen-bond donors (Lipinski definition) is 1. The van der Waals surface area contributed by atoms with Crippen molar-refractivity contribution in [3.8, 4) is 0 Å². The molecule has 156 valence electrons. The molecular weight excluding hydrogens is 393 g/mol. The number of aromatic nitrogens is 3. The second-order valence-electron chi connectivity index (χ2n) is 7.32. The quantitative estimate of drug-likeness (QED) is 0.541. The summed E-state index contributed by atoms with van der Waals surface area (Å²) in [6.07, 6.45) is 0. The first-order chi connectivity index (χ1) is 12.5. The van der Waals surface area contributed by atoms with Crippen molar-refractivity contribution in [3.63, 3.8) is 0 Å². The molecule has 0 saturated carbocycles. The Hall–Kier alpha value is -1.56. The summed E-state index contributed by atoms with van der Waals surface area (Å²) in [5.41, 5.74) is 4.23. The zero-order chi connectivity index (χ0) is 18.7. The first kappa shape index (κ1) is 24.5. The molecule has 7 heteroatoms. The molecule has 3 aromatic rings. The Balaban J connectivity index is 0.00000196. The van der Waals surface area contributed by atoms with Crippen LogP contribution in [0.5, 0.6) is 0 Å². The Bertz CT molecular complexity index is 887. The third kappa shape index (κ3) is 5.07. The van der Waals surface area contributed by atoms with Crippen LogP contribution in [0.2, 0.25) is 0 Å². The van der Waals surface area contributed by atoms with Crippen LogP contribution < -0.4 is 5.32 Å². The summed E-state index contributed by atoms with van der Waals surface area (Å²) in [4.78, 5) is 7.37. The molecule has 0 spiro atoms. The Morgan fingerprint density at radius 2 is 1.79 bits per heavy atom. The summed E-state index contributed by atoms with van der Waals surface area (Å²) in [7, 11) is 0. The molecule has 0 atom stereocenters. The van der Waals surface area contributed by atoms with Crippen molar-refractivity contribution in [2.24, 2.45) is 5.92 Å². The van der Waals surface area contributed by atoms with Crippen molar-refractivity contribution >= 4 is 52.4 Å². The molecule has 2 aromatic heterocycles. The molecule has 0 unspecified atom stereocenters. The second-order valence-corrected chi connectivity index (χ2v) is 7.32. The van der Waals surface area contributed by atoms with E-state index in [2.05, 4.69) is 73.8 Å². The number of likely N-dealkylation sites (N-methyl/N-ethyl adjacent to an activating group) is 1. The molecule has 0 bridgehead atoms. The standard InChI is InChI=1S/C21H31N5.2ClH/c1-6-25(7-2)13-12-22-20-17-10-8-9-11-18(17)23-21-19(20)16(5)24-26(21)14-15(3)4;;/h8-11,15H,6-7,12-14H2,1-5H3,(H,22,23);2*1H. The van der Waals surface area contributed by atoms with E-state index in [0.29, 0.717) is 5.92 Å². The number of pyridine rings is 1. The van der Waals surface area contributed by atoms with Gasteiger partial charge in [0.25, 0.3) is 0 Å². The number of hydrogen-bond acceptors (Lipinski definition) is 4. The van der Waals surface area contributed by atoms with E-state index in [1.807, 2.05) is 0 Å². The summed E-state index contributed by atoms with van der Waals surface area (Å²) in [6.45, 7) is 15.9. The monoisotopic (exact) mass is 425 g/mol. The lowest BCUT2D eigenvalue weighted by Crippen LogP contribution is -2.28. The molecule has 0 saturated heterocycles. The summed E-state index contributed by atoms with van der Waals surface area (Å²) in [5.74, 6) is 0.532. The maximum atomic E-state index is 4.94. The number of nitrogens with zero attached hydrogens (tertiary/aromatic N) is 4. The third-order valence-corrected chi connectivity index (χ3v) is 4.91. The SMILES string of the molecule is CCN(CC)CCNc1c2ccccc2nc2c1c(C)nn2CC(C)C.Cl.Cl. The van der Waals surface area contributed by atoms with Crippen molar-refractivity contribution in [1.82, 2.24) is 19.7 Å². The molecule has 2 heterocycles. The average Bonchev–Trinajstić information content (AvgIpc) is 2.93. The van der Waals surface area contributed by atoms with Gasteiger partial charge in [0.15, 0.2) is 5.65 Å². The van der Waals surface area contributed by atoms with Gasteiger partial charge in [-0.2, -0.15) is 5.10 Å². The van der Waals surface area contributed by atoms with E-state index in [1.165, 1.54) is 11.1 Å². The van der Waals surface area contributed by atoms with Crippen LogP contribution in [-0.2, 0) is 6.54 Å². The van der Waals surface area contributed by atoms with Gasteiger partial charge in [0.2, 0.25) is 0 Å². The molecular formula is C21H33Cl2N5. The van der Waals surface area contributed by atoms with Crippen molar-refractivity contribution in [2.75, 3.05) is 31.5 Å². The lowest BCUT2D eigenvalue weighted by atomic mass is 10.1. The molecule has 0 amide bonds. The smallest absolute Gasteiger partial charge is 0.160 e. The number of halogens is 2. The summed E-state index contributed by atoms with van der Waals surface area (Å²) in [6, 6.07) is 8.38. The highest BCUT2D eigenvalue weighted by Gasteiger charge is 2.17. The van der Waals surface area contributed by atoms with E-state index in [1.54, 1.807) is 0 Å². The molecule has 3 rings (SSSR count). The molecule has 0 fully saturated rings. The Labute approximate surface area is 180 Å². The minimum atomic E-state index is 0. The van der Waals surface area contributed by atoms with Gasteiger partial charge in [-0.05, 0) is 32.0 Å². The van der Waals surface area contributed by atoms with Crippen molar-refractivity contribution in [2.45, 2.75) is 41.2 Å². The highest BCUT2D eigenvalue weighted by Crippen LogP contribution is 2.33. The lowest BCUT2D eigenvalue weighted by Gasteiger charge is -2.19. The zero-order valence-corrected chi connectivity index (χ0v) is 19.2. The molecule has 0 aliphatic heterocycles. The maximum absolute atomic E-state index is 4.94. The van der Waals surface area contributed by atoms with E-state index >= 15 is 0 Å². The molecule has 0 aliphatic carbocycles. The number of rotatable bonds is 8. The van der Waals surface area contributed by atoms with Crippen LogP contribution in [0.3, 0.4) is 0 Å². The number of aryl methyl sites for hydroxylation is 1. The number of fused-ring (bicyclic) bond motifs is 2. The van der Waals surface area contributed by atoms with Crippen LogP contribution in [0.4, 0.5) is 5.69 Å². The van der Waals surface area contributed by atoms with Gasteiger partial charge >= 0.3 is 0 Å². The van der Waals surface area contributed by atoms with Gasteiger partial charge in [0.1, 0.15) is 0 Å². The predicted octanol–water partition coefficient (Wildman–Crippen LogP) is 5.15. The molecule has 28 heavy (non-hydrogen) atoms. The molecule has 1 aromatic carbocycles. The number of para-hydroxylation sites is 1. The van der Waals surface area contributed by atoms with E-state index in [4.69, 9.17) is 10.1 Å². The summed E-state index contributed by atoms with van der Waals surface area (Å²) >= 11 is 0. The van der Waals surface area contributed by atoms with Crippen LogP contribution in [0, 0.1) is 12.8 Å². The highest BCUT2D eigenvalue weighted by atomic mass is 35.5. The van der Waals surface area contributed by atoms with Gasteiger partial charge in [-0.15, -0.1) is 24.8 Å². The van der Waals surface area contributed by atoms with Gasteiger partial charge < -0.3 is 10.2 Å². The third-order valence-electron chi connectivity index (χ3n) is 4.91. The van der Waals surface area contributed by atoms with Crippen LogP contribution in [0.15, 0.2) is 24.3 Å². The van der Waals surface area contributed by atoms with Gasteiger partial charge in [0, 0.05) is 25.0 Å². The summed E-state index contributed by atoms with van der Waals surface area (Å²) in [5, 5.41) is 10.8. The number of nitrogens with one attached hydrogen (secondary N) is 1. The minimum Gasteiger partial charge on any atom is -0.383 e. The van der Waals surface area contributed by atoms with Crippen LogP contribution in [0.25, 0.3) is 21.9 Å². The van der Waals surface area contributed by atoms with Gasteiger partial charge in [-0.1, -0.05) is 45.9 Å². The Kier molecular flexibility index (Phi) is 9.48. The molecule has 0 aliphatic rings. The number of anilines is 1. The van der Waals surface area contributed by atoms with Crippen molar-refractivity contribution in [1.29, 1.82) is 0 Å². The zero-order valence-electron chi connectivity index (χ0n) is 17.5. The second kappa shape index (κ2) is 10.8. The molecule has 5 nitrogen and oxygen atoms in total. The molecule has 1 N–H and O–H groups in total. The van der Waals surface area contributed by atoms with E-state index in [9.17, 15) is 0 Å². The van der Waals surface area contributed by atoms with Crippen LogP contribution >= 0.6 is 24.8 Å². The highest BCUT2D eigenvalue weighted by molar-refractivity contribution is 6.07. The van der Waals surface area contributed by atoms with Gasteiger partial charge in [-0.25, -0.2) is 9.67 Å². The largest absolute Gasteiger partial charge is 0.383 e. The van der Waals surface area contributed by atoms with Gasteiger partial charge in [0.05, 0.1) is 22.3 Å². The van der Waals surface area contributed by atoms with E-state index in [0.717, 1.165) is 55.0 Å². The minimum absolute atomic E-state index is 0. The fourth-order valence-corrected chi connectivity index (χ4v) is 3.54. The van der Waals surface area contributed by atoms with Crippen molar-refractivity contribution < 1.29 is 0 Å². The summed E-state index contributed by atoms with van der Waals surface area (Å²) < 4.78 is 2.07. The fraction of sp³-hybridized carbons (Fsp3) is 0.524. The first-order valence-electron chi connectivity index (χ1n) is 9.77. The van der Waals surface area contributed by atoms with Crippen molar-refractivity contribution in [3.05, 3.63) is 30.0 Å². The van der Waals surface area contributed by atoms with Crippen LogP contribution in [-0.4, -0.2) is 45.8 Å². The maximum Gasteiger partial charge on any atom is 0.160 e. The predicted molar refractivity (Wildman–Crippen MR) is 125 cm³/mol. The lowest BCUT2D eigenvalue weighted by molar-refractivity contribution is 0.316. The topological polar surface area (TPSA) is 46.0 Å². The van der Waals surface area contributed by atoms with Gasteiger partial charge in [-0.3, -0.25) is 0 Å². The fourth-order valence-electron chi connectivity index (χ4n) is 3.54. The number of benzene rings is 1. The molecule has 0 radical (unpaired) electrons. The first-order valence-corrected chi connectivity index (χ1v) is 9.77. The Morgan fingerprint density at radius 1 is 1.11 bits per heavy atom. The van der Waals surface area contributed by atoms with Crippen LogP contribution in [0.1, 0.15) is 33.4 Å². The Morgan fingerprint density at radius 3 is 2.43 bits per heavy atom.